The van der Waals surface area contributed by atoms with Crippen molar-refractivity contribution in [3.05, 3.63) is 47.2 Å². The van der Waals surface area contributed by atoms with Crippen molar-refractivity contribution in [2.24, 2.45) is 5.92 Å². The number of carboxylic acids is 1. The van der Waals surface area contributed by atoms with Crippen LogP contribution in [0.3, 0.4) is 0 Å². The Kier molecular flexibility index (Phi) is 6.48. The van der Waals surface area contributed by atoms with Crippen molar-refractivity contribution in [3.63, 3.8) is 0 Å². The number of carbonyl (C=O) groups is 4. The lowest BCUT2D eigenvalue weighted by Crippen LogP contribution is -2.73. The van der Waals surface area contributed by atoms with E-state index in [0.717, 1.165) is 5.56 Å². The fourth-order valence-corrected chi connectivity index (χ4v) is 6.24. The average Bonchev–Trinajstić information content (AvgIpc) is 3.43. The minimum absolute atomic E-state index is 0.0122. The van der Waals surface area contributed by atoms with E-state index in [0.29, 0.717) is 36.7 Å². The number of carboxylic acid groups (broad SMARTS) is 1. The fourth-order valence-electron chi connectivity index (χ4n) is 5.26. The van der Waals surface area contributed by atoms with Gasteiger partial charge < -0.3 is 15.3 Å². The SMILES string of the molecule is CC(=O)N1CCC2C(CSc3nnnn3CC(=O)NCCc3ccccc3)=C(C(=O)O)N3C(=O)[C@@H]1[C@@H]23. The molecule has 0 spiro atoms. The Balaban J connectivity index is 1.23. The molecule has 2 saturated heterocycles. The number of nitrogens with one attached hydrogen (secondary N) is 1. The van der Waals surface area contributed by atoms with Crippen LogP contribution in [-0.4, -0.2) is 89.7 Å². The highest BCUT2D eigenvalue weighted by atomic mass is 32.2. The van der Waals surface area contributed by atoms with Crippen LogP contribution in [0.15, 0.2) is 46.8 Å². The van der Waals surface area contributed by atoms with Crippen LogP contribution in [0.5, 0.6) is 0 Å². The summed E-state index contributed by atoms with van der Waals surface area (Å²) in [6, 6.07) is 8.87. The quantitative estimate of drug-likeness (QED) is 0.348. The minimum atomic E-state index is -1.17. The van der Waals surface area contributed by atoms with E-state index in [4.69, 9.17) is 0 Å². The number of rotatable bonds is 9. The van der Waals surface area contributed by atoms with Crippen LogP contribution in [0, 0.1) is 5.92 Å². The molecular formula is C23H25N7O5S. The normalized spacial score (nSPS) is 22.4. The second-order valence-corrected chi connectivity index (χ2v) is 9.87. The Morgan fingerprint density at radius 1 is 1.22 bits per heavy atom. The molecule has 1 unspecified atom stereocenters. The van der Waals surface area contributed by atoms with Gasteiger partial charge in [0.25, 0.3) is 5.91 Å². The van der Waals surface area contributed by atoms with E-state index < -0.39 is 12.0 Å². The molecule has 4 heterocycles. The van der Waals surface area contributed by atoms with Gasteiger partial charge in [-0.15, -0.1) is 5.10 Å². The van der Waals surface area contributed by atoms with Gasteiger partial charge >= 0.3 is 5.97 Å². The molecule has 0 saturated carbocycles. The second-order valence-electron chi connectivity index (χ2n) is 8.92. The maximum Gasteiger partial charge on any atom is 0.352 e. The fraction of sp³-hybridized carbons (Fsp3) is 0.435. The number of carbonyl (C=O) groups excluding carboxylic acids is 3. The molecule has 13 heteroatoms. The molecule has 3 aliphatic heterocycles. The molecule has 0 aliphatic carbocycles. The van der Waals surface area contributed by atoms with Crippen molar-refractivity contribution < 1.29 is 24.3 Å². The van der Waals surface area contributed by atoms with Crippen molar-refractivity contribution >= 4 is 35.5 Å². The van der Waals surface area contributed by atoms with Gasteiger partial charge in [-0.1, -0.05) is 42.1 Å². The number of aromatic nitrogens is 4. The minimum Gasteiger partial charge on any atom is -0.477 e. The molecule has 2 fully saturated rings. The number of piperidine rings is 1. The highest BCUT2D eigenvalue weighted by molar-refractivity contribution is 7.99. The van der Waals surface area contributed by atoms with Gasteiger partial charge in [-0.2, -0.15) is 0 Å². The maximum absolute atomic E-state index is 12.8. The Hall–Kier alpha value is -3.74. The van der Waals surface area contributed by atoms with Gasteiger partial charge in [0, 0.05) is 31.7 Å². The summed E-state index contributed by atoms with van der Waals surface area (Å²) in [5.41, 5.74) is 1.75. The molecule has 3 atom stereocenters. The number of tetrazole rings is 1. The molecule has 1 aromatic heterocycles. The number of likely N-dealkylation sites (tertiary alicyclic amines) is 1. The summed E-state index contributed by atoms with van der Waals surface area (Å²) in [4.78, 5) is 52.1. The highest BCUT2D eigenvalue weighted by Gasteiger charge is 2.63. The lowest BCUT2D eigenvalue weighted by atomic mass is 9.78. The molecule has 36 heavy (non-hydrogen) atoms. The van der Waals surface area contributed by atoms with Crippen LogP contribution in [0.25, 0.3) is 0 Å². The zero-order valence-electron chi connectivity index (χ0n) is 19.5. The summed E-state index contributed by atoms with van der Waals surface area (Å²) < 4.78 is 1.37. The molecule has 2 aromatic rings. The van der Waals surface area contributed by atoms with Gasteiger partial charge in [0.1, 0.15) is 18.3 Å². The van der Waals surface area contributed by atoms with E-state index in [1.807, 2.05) is 30.3 Å². The zero-order chi connectivity index (χ0) is 25.4. The molecule has 1 aromatic carbocycles. The van der Waals surface area contributed by atoms with E-state index in [-0.39, 0.29) is 47.7 Å². The van der Waals surface area contributed by atoms with Gasteiger partial charge in [0.2, 0.25) is 17.0 Å². The summed E-state index contributed by atoms with van der Waals surface area (Å²) >= 11 is 1.23. The van der Waals surface area contributed by atoms with Crippen molar-refractivity contribution in [2.75, 3.05) is 18.8 Å². The van der Waals surface area contributed by atoms with E-state index in [9.17, 15) is 24.3 Å². The number of aliphatic carboxylic acids is 1. The van der Waals surface area contributed by atoms with Crippen LogP contribution in [0.4, 0.5) is 0 Å². The number of hydrogen-bond donors (Lipinski definition) is 2. The molecule has 3 aliphatic rings. The first kappa shape index (κ1) is 24.0. The van der Waals surface area contributed by atoms with Gasteiger partial charge in [-0.25, -0.2) is 9.48 Å². The lowest BCUT2D eigenvalue weighted by molar-refractivity contribution is -0.168. The lowest BCUT2D eigenvalue weighted by Gasteiger charge is -2.53. The summed E-state index contributed by atoms with van der Waals surface area (Å²) in [6.07, 6.45) is 1.28. The topological polar surface area (TPSA) is 151 Å². The monoisotopic (exact) mass is 511 g/mol. The number of β-lactam (4-membered cyclic amide) rings is 1. The third-order valence-corrected chi connectivity index (χ3v) is 7.87. The summed E-state index contributed by atoms with van der Waals surface area (Å²) in [5, 5.41) is 24.7. The zero-order valence-corrected chi connectivity index (χ0v) is 20.3. The van der Waals surface area contributed by atoms with Crippen molar-refractivity contribution in [1.29, 1.82) is 0 Å². The molecular weight excluding hydrogens is 486 g/mol. The Morgan fingerprint density at radius 2 is 2.00 bits per heavy atom. The number of thioether (sulfide) groups is 1. The van der Waals surface area contributed by atoms with E-state index in [1.165, 1.54) is 33.2 Å². The number of hydrogen-bond acceptors (Lipinski definition) is 8. The first-order valence-electron chi connectivity index (χ1n) is 11.6. The second kappa shape index (κ2) is 9.72. The molecule has 3 amide bonds. The van der Waals surface area contributed by atoms with E-state index in [2.05, 4.69) is 20.8 Å². The first-order valence-corrected chi connectivity index (χ1v) is 12.6. The predicted octanol–water partition coefficient (Wildman–Crippen LogP) is -0.0758. The average molecular weight is 512 g/mol. The molecule has 188 valence electrons. The molecule has 0 bridgehead atoms. The van der Waals surface area contributed by atoms with Crippen LogP contribution in [0.2, 0.25) is 0 Å². The number of benzene rings is 1. The Morgan fingerprint density at radius 3 is 2.72 bits per heavy atom. The van der Waals surface area contributed by atoms with Gasteiger partial charge in [-0.3, -0.25) is 19.3 Å². The van der Waals surface area contributed by atoms with Crippen LogP contribution >= 0.6 is 11.8 Å². The smallest absolute Gasteiger partial charge is 0.352 e. The standard InChI is InChI=1S/C23H25N7O5S/c1-13(31)28-10-8-15-16(19(22(34)35)30-18(15)20(28)21(30)33)12-36-23-25-26-27-29(23)11-17(32)24-9-7-14-5-3-2-4-6-14/h2-6,15,18,20H,7-12H2,1H3,(H,24,32)(H,34,35)/t15?,18-,20+/m1/s1. The summed E-state index contributed by atoms with van der Waals surface area (Å²) in [7, 11) is 0. The first-order chi connectivity index (χ1) is 17.4. The van der Waals surface area contributed by atoms with Gasteiger partial charge in [0.05, 0.1) is 6.04 Å². The third kappa shape index (κ3) is 4.23. The van der Waals surface area contributed by atoms with E-state index in [1.54, 1.807) is 0 Å². The summed E-state index contributed by atoms with van der Waals surface area (Å²) in [6.45, 7) is 2.24. The summed E-state index contributed by atoms with van der Waals surface area (Å²) in [5.74, 6) is -1.83. The molecule has 5 rings (SSSR count). The molecule has 0 radical (unpaired) electrons. The number of nitrogens with zero attached hydrogens (tertiary/aromatic N) is 6. The van der Waals surface area contributed by atoms with Crippen LogP contribution in [-0.2, 0) is 32.1 Å². The van der Waals surface area contributed by atoms with Crippen LogP contribution in [0.1, 0.15) is 18.9 Å². The Labute approximate surface area is 210 Å². The largest absolute Gasteiger partial charge is 0.477 e. The van der Waals surface area contributed by atoms with Crippen LogP contribution < -0.4 is 5.32 Å². The third-order valence-electron chi connectivity index (χ3n) is 6.87. The highest BCUT2D eigenvalue weighted by Crippen LogP contribution is 2.49. The predicted molar refractivity (Wildman–Crippen MR) is 126 cm³/mol. The molecule has 2 N–H and O–H groups in total. The van der Waals surface area contributed by atoms with Gasteiger partial charge in [0.15, 0.2) is 0 Å². The van der Waals surface area contributed by atoms with Crippen molar-refractivity contribution in [1.82, 2.24) is 35.3 Å². The Bertz CT molecular complexity index is 1250. The van der Waals surface area contributed by atoms with E-state index >= 15 is 0 Å². The maximum atomic E-state index is 12.8. The van der Waals surface area contributed by atoms with Gasteiger partial charge in [-0.05, 0) is 34.4 Å². The number of amides is 3. The molecule has 12 nitrogen and oxygen atoms in total. The van der Waals surface area contributed by atoms with Crippen molar-refractivity contribution in [2.45, 2.75) is 43.6 Å². The van der Waals surface area contributed by atoms with Crippen molar-refractivity contribution in [3.8, 4) is 0 Å².